The van der Waals surface area contributed by atoms with Crippen molar-refractivity contribution >= 4 is 10.0 Å². The molecule has 2 rings (SSSR count). The van der Waals surface area contributed by atoms with Gasteiger partial charge in [0.2, 0.25) is 10.0 Å². The van der Waals surface area contributed by atoms with Crippen LogP contribution in [0.1, 0.15) is 38.5 Å². The highest BCUT2D eigenvalue weighted by Gasteiger charge is 2.35. The predicted molar refractivity (Wildman–Crippen MR) is 62.8 cm³/mol. The fourth-order valence-corrected chi connectivity index (χ4v) is 3.72. The first kappa shape index (κ1) is 12.7. The first-order valence-corrected chi connectivity index (χ1v) is 7.55. The molecule has 0 aromatic carbocycles. The third-order valence-electron chi connectivity index (χ3n) is 3.67. The Kier molecular flexibility index (Phi) is 3.91. The molecule has 1 aliphatic carbocycles. The second-order valence-electron chi connectivity index (χ2n) is 4.80. The molecule has 3 unspecified atom stereocenters. The predicted octanol–water partition coefficient (Wildman–Crippen LogP) is 2.36. The van der Waals surface area contributed by atoms with Crippen molar-refractivity contribution in [1.29, 1.82) is 0 Å². The number of ether oxygens (including phenoxy) is 1. The van der Waals surface area contributed by atoms with Crippen LogP contribution in [-0.2, 0) is 14.8 Å². The molecule has 0 N–H and O–H groups in total. The van der Waals surface area contributed by atoms with E-state index in [0.29, 0.717) is 24.9 Å². The van der Waals surface area contributed by atoms with Gasteiger partial charge in [0, 0.05) is 9.43 Å². The van der Waals surface area contributed by atoms with Crippen LogP contribution in [0.2, 0.25) is 0 Å². The number of hydrogen-bond acceptors (Lipinski definition) is 3. The molecule has 1 heterocycles. The number of rotatable bonds is 3. The summed E-state index contributed by atoms with van der Waals surface area (Å²) < 4.78 is 31.6. The quantitative estimate of drug-likeness (QED) is 0.337. The number of nitrogens with zero attached hydrogens (tertiary/aromatic N) is 3. The lowest BCUT2D eigenvalue weighted by atomic mass is 9.89. The fourth-order valence-electron chi connectivity index (χ4n) is 2.58. The summed E-state index contributed by atoms with van der Waals surface area (Å²) >= 11 is 0. The van der Waals surface area contributed by atoms with Gasteiger partial charge in [-0.2, -0.15) is 0 Å². The molecule has 0 bridgehead atoms. The van der Waals surface area contributed by atoms with Crippen molar-refractivity contribution in [3.8, 4) is 0 Å². The maximum Gasteiger partial charge on any atom is 0.238 e. The Morgan fingerprint density at radius 2 is 1.88 bits per heavy atom. The molecule has 1 aliphatic heterocycles. The summed E-state index contributed by atoms with van der Waals surface area (Å²) in [6, 6.07) is 0. The molecule has 0 amide bonds. The summed E-state index contributed by atoms with van der Waals surface area (Å²) in [6.07, 6.45) is 5.44. The minimum Gasteiger partial charge on any atom is -0.373 e. The summed E-state index contributed by atoms with van der Waals surface area (Å²) in [6.45, 7) is 0.818. The van der Waals surface area contributed by atoms with Crippen LogP contribution >= 0.6 is 0 Å². The van der Waals surface area contributed by atoms with Gasteiger partial charge in [-0.1, -0.05) is 12.8 Å². The van der Waals surface area contributed by atoms with E-state index in [2.05, 4.69) is 9.43 Å². The lowest BCUT2D eigenvalue weighted by molar-refractivity contribution is 0.280. The average molecular weight is 259 g/mol. The topological polar surface area (TPSA) is 95.4 Å². The normalized spacial score (nSPS) is 34.2. The molecule has 2 fully saturated rings. The first-order chi connectivity index (χ1) is 8.13. The average Bonchev–Trinajstić information content (AvgIpc) is 3.00. The van der Waals surface area contributed by atoms with Crippen LogP contribution in [0, 0.1) is 5.92 Å². The zero-order valence-corrected chi connectivity index (χ0v) is 10.5. The molecule has 6 nitrogen and oxygen atoms in total. The van der Waals surface area contributed by atoms with Crippen molar-refractivity contribution in [3.05, 3.63) is 10.4 Å². The summed E-state index contributed by atoms with van der Waals surface area (Å²) in [5, 5.41) is -0.500. The highest BCUT2D eigenvalue weighted by Crippen LogP contribution is 2.33. The van der Waals surface area contributed by atoms with Crippen LogP contribution in [0.4, 0.5) is 0 Å². The molecule has 0 aromatic heterocycles. The second kappa shape index (κ2) is 5.25. The van der Waals surface area contributed by atoms with Crippen LogP contribution in [0.25, 0.3) is 10.4 Å². The standard InChI is InChI=1S/C10H17N3O3S/c11-12-13-17(14,15)9-4-2-1-3-8(5-6-9)10-7-16-10/h8-10H,1-7H2. The van der Waals surface area contributed by atoms with E-state index in [-0.39, 0.29) is 0 Å². The fraction of sp³-hybridized carbons (Fsp3) is 1.00. The summed E-state index contributed by atoms with van der Waals surface area (Å²) in [5.41, 5.74) is 8.27. The van der Waals surface area contributed by atoms with Gasteiger partial charge < -0.3 is 4.74 Å². The Hall–Kier alpha value is -0.780. The van der Waals surface area contributed by atoms with Gasteiger partial charge in [0.15, 0.2) is 0 Å². The van der Waals surface area contributed by atoms with Crippen molar-refractivity contribution in [2.24, 2.45) is 10.4 Å². The van der Waals surface area contributed by atoms with E-state index in [1.165, 1.54) is 0 Å². The van der Waals surface area contributed by atoms with Crippen molar-refractivity contribution in [2.75, 3.05) is 6.61 Å². The molecule has 7 heteroatoms. The zero-order valence-electron chi connectivity index (χ0n) is 9.66. The monoisotopic (exact) mass is 259 g/mol. The molecule has 96 valence electrons. The third-order valence-corrected chi connectivity index (χ3v) is 5.28. The number of hydrogen-bond donors (Lipinski definition) is 0. The van der Waals surface area contributed by atoms with E-state index in [0.717, 1.165) is 32.3 Å². The molecule has 0 spiro atoms. The van der Waals surface area contributed by atoms with E-state index in [4.69, 9.17) is 10.3 Å². The number of epoxide rings is 1. The molecule has 2 aliphatic rings. The van der Waals surface area contributed by atoms with E-state index in [1.54, 1.807) is 0 Å². The lowest BCUT2D eigenvalue weighted by Gasteiger charge is -2.22. The minimum absolute atomic E-state index is 0.343. The number of sulfonamides is 1. The summed E-state index contributed by atoms with van der Waals surface area (Å²) in [4.78, 5) is 2.42. The van der Waals surface area contributed by atoms with E-state index in [9.17, 15) is 8.42 Å². The Labute approximate surface area is 101 Å². The van der Waals surface area contributed by atoms with Crippen LogP contribution in [0.5, 0.6) is 0 Å². The second-order valence-corrected chi connectivity index (χ2v) is 6.66. The first-order valence-electron chi connectivity index (χ1n) is 6.05. The molecule has 3 atom stereocenters. The van der Waals surface area contributed by atoms with Crippen molar-refractivity contribution in [2.45, 2.75) is 49.9 Å². The van der Waals surface area contributed by atoms with Crippen molar-refractivity contribution in [1.82, 2.24) is 0 Å². The largest absolute Gasteiger partial charge is 0.373 e. The van der Waals surface area contributed by atoms with E-state index in [1.807, 2.05) is 0 Å². The van der Waals surface area contributed by atoms with Crippen LogP contribution in [-0.4, -0.2) is 26.4 Å². The van der Waals surface area contributed by atoms with Crippen LogP contribution < -0.4 is 0 Å². The van der Waals surface area contributed by atoms with Gasteiger partial charge in [0.05, 0.1) is 18.0 Å². The molecule has 0 aromatic rings. The van der Waals surface area contributed by atoms with Crippen molar-refractivity contribution < 1.29 is 13.2 Å². The summed E-state index contributed by atoms with van der Waals surface area (Å²) in [7, 11) is -3.63. The van der Waals surface area contributed by atoms with Gasteiger partial charge in [-0.3, -0.25) is 0 Å². The SMILES string of the molecule is [N-]=[N+]=NS(=O)(=O)C1CCCCC(C2CO2)CC1. The highest BCUT2D eigenvalue weighted by atomic mass is 32.2. The smallest absolute Gasteiger partial charge is 0.238 e. The summed E-state index contributed by atoms with van der Waals surface area (Å²) in [5.74, 6) is 0.485. The van der Waals surface area contributed by atoms with Gasteiger partial charge in [0.25, 0.3) is 0 Å². The minimum atomic E-state index is -3.63. The molecule has 1 saturated carbocycles. The Balaban J connectivity index is 2.00. The Morgan fingerprint density at radius 1 is 1.18 bits per heavy atom. The molecular weight excluding hydrogens is 242 g/mol. The highest BCUT2D eigenvalue weighted by molar-refractivity contribution is 7.90. The Morgan fingerprint density at radius 3 is 2.53 bits per heavy atom. The maximum atomic E-state index is 11.7. The third kappa shape index (κ3) is 3.34. The Bertz CT molecular complexity index is 413. The van der Waals surface area contributed by atoms with Crippen molar-refractivity contribution in [3.63, 3.8) is 0 Å². The van der Waals surface area contributed by atoms with Gasteiger partial charge >= 0.3 is 0 Å². The van der Waals surface area contributed by atoms with Crippen LogP contribution in [0.15, 0.2) is 4.52 Å². The molecule has 17 heavy (non-hydrogen) atoms. The van der Waals surface area contributed by atoms with Gasteiger partial charge in [-0.15, -0.1) is 0 Å². The van der Waals surface area contributed by atoms with Gasteiger partial charge in [-0.25, -0.2) is 8.42 Å². The zero-order chi connectivity index (χ0) is 12.3. The number of azide groups is 1. The maximum absolute atomic E-state index is 11.7. The molecule has 1 saturated heterocycles. The van der Waals surface area contributed by atoms with E-state index >= 15 is 0 Å². The molecule has 0 radical (unpaired) electrons. The van der Waals surface area contributed by atoms with Gasteiger partial charge in [-0.05, 0) is 37.1 Å². The van der Waals surface area contributed by atoms with E-state index < -0.39 is 15.3 Å². The van der Waals surface area contributed by atoms with Crippen LogP contribution in [0.3, 0.4) is 0 Å². The van der Waals surface area contributed by atoms with Gasteiger partial charge in [0.1, 0.15) is 0 Å². The molecular formula is C10H17N3O3S. The lowest BCUT2D eigenvalue weighted by Crippen LogP contribution is -2.23.